The number of rotatable bonds is 7. The van der Waals surface area contributed by atoms with Gasteiger partial charge in [-0.2, -0.15) is 0 Å². The zero-order chi connectivity index (χ0) is 21.6. The van der Waals surface area contributed by atoms with E-state index < -0.39 is 0 Å². The van der Waals surface area contributed by atoms with Crippen LogP contribution in [-0.4, -0.2) is 20.9 Å². The molecule has 0 unspecified atom stereocenters. The van der Waals surface area contributed by atoms with Gasteiger partial charge in [-0.3, -0.25) is 9.59 Å². The number of aryl methyl sites for hydroxylation is 1. The molecular weight excluding hydrogens is 408 g/mol. The minimum Gasteiger partial charge on any atom is -0.326 e. The molecule has 2 heterocycles. The topological polar surface area (TPSA) is 87.7 Å². The molecule has 0 bridgehead atoms. The number of nitrogens with zero attached hydrogens (tertiary/aromatic N) is 2. The fraction of sp³-hybridized carbons (Fsp3) is 0.167. The Morgan fingerprint density at radius 1 is 1.03 bits per heavy atom. The Morgan fingerprint density at radius 2 is 1.87 bits per heavy atom. The second-order valence-electron chi connectivity index (χ2n) is 7.14. The molecule has 0 saturated carbocycles. The van der Waals surface area contributed by atoms with Gasteiger partial charge in [-0.05, 0) is 24.1 Å². The maximum absolute atomic E-state index is 12.5. The van der Waals surface area contributed by atoms with Crippen molar-refractivity contribution in [2.24, 2.45) is 0 Å². The van der Waals surface area contributed by atoms with Crippen LogP contribution in [0.4, 0.5) is 5.69 Å². The van der Waals surface area contributed by atoms with E-state index in [0.29, 0.717) is 17.9 Å². The van der Waals surface area contributed by atoms with Gasteiger partial charge in [0.05, 0.1) is 17.1 Å². The molecule has 0 aliphatic carbocycles. The lowest BCUT2D eigenvalue weighted by atomic mass is 10.1. The van der Waals surface area contributed by atoms with Gasteiger partial charge in [0.15, 0.2) is 0 Å². The van der Waals surface area contributed by atoms with Gasteiger partial charge in [-0.25, -0.2) is 9.97 Å². The number of H-pyrrole nitrogens is 1. The molecule has 0 aliphatic rings. The Hall–Kier alpha value is -3.58. The summed E-state index contributed by atoms with van der Waals surface area (Å²) in [5.41, 5.74) is 3.87. The molecule has 0 fully saturated rings. The summed E-state index contributed by atoms with van der Waals surface area (Å²) in [6.07, 6.45) is 1.64. The number of nitrogens with one attached hydrogen (secondary N) is 2. The van der Waals surface area contributed by atoms with E-state index in [0.717, 1.165) is 28.4 Å². The molecule has 156 valence electrons. The highest BCUT2D eigenvalue weighted by molar-refractivity contribution is 7.09. The number of thiazole rings is 1. The van der Waals surface area contributed by atoms with Crippen LogP contribution in [0.3, 0.4) is 0 Å². The number of amides is 1. The van der Waals surface area contributed by atoms with Crippen LogP contribution in [0.5, 0.6) is 0 Å². The number of hydrogen-bond donors (Lipinski definition) is 2. The molecule has 2 aromatic carbocycles. The van der Waals surface area contributed by atoms with Crippen LogP contribution in [0.25, 0.3) is 11.4 Å². The molecule has 0 radical (unpaired) electrons. The molecular formula is C24H22N4O2S. The minimum absolute atomic E-state index is 0.141. The van der Waals surface area contributed by atoms with Crippen molar-refractivity contribution in [3.8, 4) is 11.4 Å². The number of carbonyl (C=O) groups is 1. The van der Waals surface area contributed by atoms with Gasteiger partial charge < -0.3 is 10.3 Å². The number of anilines is 1. The van der Waals surface area contributed by atoms with Crippen molar-refractivity contribution >= 4 is 22.9 Å². The normalized spacial score (nSPS) is 10.7. The predicted molar refractivity (Wildman–Crippen MR) is 123 cm³/mol. The van der Waals surface area contributed by atoms with Crippen LogP contribution in [0, 0.1) is 0 Å². The molecule has 6 nitrogen and oxygen atoms in total. The maximum Gasteiger partial charge on any atom is 0.251 e. The highest BCUT2D eigenvalue weighted by Gasteiger charge is 2.10. The lowest BCUT2D eigenvalue weighted by Crippen LogP contribution is -2.15. The van der Waals surface area contributed by atoms with Gasteiger partial charge in [0, 0.05) is 34.8 Å². The molecule has 4 rings (SSSR count). The van der Waals surface area contributed by atoms with Gasteiger partial charge in [0.1, 0.15) is 5.82 Å². The molecule has 1 amide bonds. The average molecular weight is 431 g/mol. The van der Waals surface area contributed by atoms with Crippen molar-refractivity contribution in [1.82, 2.24) is 15.0 Å². The molecule has 31 heavy (non-hydrogen) atoms. The first-order valence-corrected chi connectivity index (χ1v) is 10.9. The lowest BCUT2D eigenvalue weighted by molar-refractivity contribution is -0.115. The van der Waals surface area contributed by atoms with Crippen LogP contribution in [0.1, 0.15) is 28.9 Å². The fourth-order valence-electron chi connectivity index (χ4n) is 3.22. The van der Waals surface area contributed by atoms with Gasteiger partial charge in [0.2, 0.25) is 5.91 Å². The summed E-state index contributed by atoms with van der Waals surface area (Å²) < 4.78 is 0. The molecule has 7 heteroatoms. The Balaban J connectivity index is 1.42. The van der Waals surface area contributed by atoms with Crippen molar-refractivity contribution in [2.45, 2.75) is 26.2 Å². The summed E-state index contributed by atoms with van der Waals surface area (Å²) in [6, 6.07) is 18.9. The summed E-state index contributed by atoms with van der Waals surface area (Å²) in [6.45, 7) is 1.95. The van der Waals surface area contributed by atoms with E-state index in [4.69, 9.17) is 0 Å². The van der Waals surface area contributed by atoms with Crippen molar-refractivity contribution in [3.05, 3.63) is 98.4 Å². The zero-order valence-corrected chi connectivity index (χ0v) is 17.9. The number of benzene rings is 2. The number of aromatic amines is 1. The van der Waals surface area contributed by atoms with Gasteiger partial charge in [-0.1, -0.05) is 49.4 Å². The van der Waals surface area contributed by atoms with E-state index in [9.17, 15) is 9.59 Å². The van der Waals surface area contributed by atoms with E-state index >= 15 is 0 Å². The smallest absolute Gasteiger partial charge is 0.251 e. The van der Waals surface area contributed by atoms with E-state index in [1.165, 1.54) is 11.6 Å². The first-order chi connectivity index (χ1) is 15.1. The van der Waals surface area contributed by atoms with Gasteiger partial charge in [0.25, 0.3) is 5.56 Å². The van der Waals surface area contributed by atoms with E-state index in [1.807, 2.05) is 48.7 Å². The van der Waals surface area contributed by atoms with E-state index in [1.54, 1.807) is 17.4 Å². The third-order valence-corrected chi connectivity index (χ3v) is 5.61. The van der Waals surface area contributed by atoms with Crippen molar-refractivity contribution < 1.29 is 4.79 Å². The van der Waals surface area contributed by atoms with E-state index in [-0.39, 0.29) is 17.9 Å². The monoisotopic (exact) mass is 430 g/mol. The number of hydrogen-bond acceptors (Lipinski definition) is 5. The van der Waals surface area contributed by atoms with Crippen LogP contribution >= 0.6 is 11.3 Å². The molecule has 0 aliphatic heterocycles. The number of carbonyl (C=O) groups excluding carboxylic acids is 1. The van der Waals surface area contributed by atoms with Crippen LogP contribution in [0.2, 0.25) is 0 Å². The standard InChI is InChI=1S/C24H22N4O2S/c1-2-18-13-22(30)28-24(27-18)17-9-6-10-19(12-17)25-21(29)14-20-15-31-23(26-20)11-16-7-4-3-5-8-16/h3-10,12-13,15H,2,11,14H2,1H3,(H,25,29)(H,27,28,30). The molecule has 0 saturated heterocycles. The first-order valence-electron chi connectivity index (χ1n) is 10.1. The van der Waals surface area contributed by atoms with Crippen LogP contribution in [-0.2, 0) is 24.1 Å². The highest BCUT2D eigenvalue weighted by atomic mass is 32.1. The SMILES string of the molecule is CCc1cc(=O)[nH]c(-c2cccc(NC(=O)Cc3csc(Cc4ccccc4)n3)c2)n1. The van der Waals surface area contributed by atoms with Crippen molar-refractivity contribution in [3.63, 3.8) is 0 Å². The molecule has 2 N–H and O–H groups in total. The summed E-state index contributed by atoms with van der Waals surface area (Å²) in [5.74, 6) is 0.350. The Labute approximate surface area is 184 Å². The van der Waals surface area contributed by atoms with Gasteiger partial charge in [-0.15, -0.1) is 11.3 Å². The third kappa shape index (κ3) is 5.52. The second-order valence-corrected chi connectivity index (χ2v) is 8.08. The van der Waals surface area contributed by atoms with Crippen molar-refractivity contribution in [1.29, 1.82) is 0 Å². The second kappa shape index (κ2) is 9.49. The number of aromatic nitrogens is 3. The highest BCUT2D eigenvalue weighted by Crippen LogP contribution is 2.20. The van der Waals surface area contributed by atoms with E-state index in [2.05, 4.69) is 32.4 Å². The average Bonchev–Trinajstić information content (AvgIpc) is 3.20. The summed E-state index contributed by atoms with van der Waals surface area (Å²) in [7, 11) is 0. The summed E-state index contributed by atoms with van der Waals surface area (Å²) in [5, 5.41) is 5.83. The lowest BCUT2D eigenvalue weighted by Gasteiger charge is -2.07. The summed E-state index contributed by atoms with van der Waals surface area (Å²) in [4.78, 5) is 36.2. The maximum atomic E-state index is 12.5. The zero-order valence-electron chi connectivity index (χ0n) is 17.1. The first kappa shape index (κ1) is 20.7. The molecule has 0 atom stereocenters. The van der Waals surface area contributed by atoms with Crippen LogP contribution in [0.15, 0.2) is 70.8 Å². The Kier molecular flexibility index (Phi) is 6.33. The van der Waals surface area contributed by atoms with Crippen LogP contribution < -0.4 is 10.9 Å². The third-order valence-electron chi connectivity index (χ3n) is 4.72. The largest absolute Gasteiger partial charge is 0.326 e. The molecule has 0 spiro atoms. The summed E-state index contributed by atoms with van der Waals surface area (Å²) >= 11 is 1.56. The Morgan fingerprint density at radius 3 is 2.68 bits per heavy atom. The molecule has 4 aromatic rings. The predicted octanol–water partition coefficient (Wildman–Crippen LogP) is 4.23. The fourth-order valence-corrected chi connectivity index (χ4v) is 4.05. The minimum atomic E-state index is -0.189. The Bertz CT molecular complexity index is 1250. The quantitative estimate of drug-likeness (QED) is 0.459. The van der Waals surface area contributed by atoms with Crippen molar-refractivity contribution in [2.75, 3.05) is 5.32 Å². The molecule has 2 aromatic heterocycles. The van der Waals surface area contributed by atoms with Gasteiger partial charge >= 0.3 is 0 Å².